The Morgan fingerprint density at radius 1 is 0.833 bits per heavy atom. The molecule has 1 atom stereocenters. The fourth-order valence-corrected chi connectivity index (χ4v) is 5.51. The van der Waals surface area contributed by atoms with Gasteiger partial charge in [0.15, 0.2) is 0 Å². The molecule has 0 aliphatic carbocycles. The molecular weight excluding hydrogens is 606 g/mol. The van der Waals surface area contributed by atoms with E-state index < -0.39 is 12.1 Å². The van der Waals surface area contributed by atoms with Gasteiger partial charge in [-0.15, -0.1) is 0 Å². The van der Waals surface area contributed by atoms with Gasteiger partial charge >= 0.3 is 12.1 Å². The fourth-order valence-electron chi connectivity index (χ4n) is 5.51. The van der Waals surface area contributed by atoms with E-state index in [2.05, 4.69) is 13.8 Å². The lowest BCUT2D eigenvalue weighted by Gasteiger charge is -2.28. The van der Waals surface area contributed by atoms with Crippen molar-refractivity contribution in [3.63, 3.8) is 0 Å². The molecule has 1 amide bonds. The Morgan fingerprint density at radius 2 is 1.52 bits per heavy atom. The van der Waals surface area contributed by atoms with Crippen molar-refractivity contribution in [3.8, 4) is 5.75 Å². The zero-order valence-electron chi connectivity index (χ0n) is 27.4. The van der Waals surface area contributed by atoms with Crippen molar-refractivity contribution >= 4 is 23.0 Å². The molecule has 1 unspecified atom stereocenters. The number of amides is 1. The standard InChI is InChI=1S/C39H41N3O6/c1-3-5-16-36-40-35-15-10-9-14-34(35)37(43)42(36)41(39(46)48-33(11-4-2)25-28-12-7-6-8-13-28)26-29-19-23-32(24-20-29)47-27-30-17-21-31(22-18-30)38(44)45/h6-10,12-15,17-24,33H,3-5,11,16,25-27H2,1-2H3,(H,44,45). The van der Waals surface area contributed by atoms with Crippen LogP contribution >= 0.6 is 0 Å². The molecule has 5 aromatic rings. The van der Waals surface area contributed by atoms with E-state index in [4.69, 9.17) is 19.6 Å². The number of benzene rings is 4. The molecule has 1 heterocycles. The van der Waals surface area contributed by atoms with E-state index >= 15 is 0 Å². The second-order valence-corrected chi connectivity index (χ2v) is 11.7. The number of ether oxygens (including phenoxy) is 2. The number of carbonyl (C=O) groups excluding carboxylic acids is 1. The Bertz CT molecular complexity index is 1870. The number of aromatic nitrogens is 2. The first-order chi connectivity index (χ1) is 23.4. The van der Waals surface area contributed by atoms with Gasteiger partial charge in [-0.25, -0.2) is 19.6 Å². The largest absolute Gasteiger partial charge is 0.489 e. The van der Waals surface area contributed by atoms with Crippen LogP contribution in [0.2, 0.25) is 0 Å². The highest BCUT2D eigenvalue weighted by Crippen LogP contribution is 2.19. The first kappa shape index (κ1) is 33.9. The molecule has 0 aliphatic heterocycles. The van der Waals surface area contributed by atoms with Crippen LogP contribution < -0.4 is 15.3 Å². The van der Waals surface area contributed by atoms with Crippen molar-refractivity contribution in [2.24, 2.45) is 0 Å². The molecule has 5 rings (SSSR count). The number of nitrogens with zero attached hydrogens (tertiary/aromatic N) is 3. The van der Waals surface area contributed by atoms with Crippen LogP contribution in [0.1, 0.15) is 72.4 Å². The molecule has 9 heteroatoms. The number of carboxylic acid groups (broad SMARTS) is 1. The fraction of sp³-hybridized carbons (Fsp3) is 0.282. The summed E-state index contributed by atoms with van der Waals surface area (Å²) in [6.07, 6.45) is 3.28. The van der Waals surface area contributed by atoms with E-state index in [9.17, 15) is 14.4 Å². The number of fused-ring (bicyclic) bond motifs is 1. The lowest BCUT2D eigenvalue weighted by Crippen LogP contribution is -2.49. The Labute approximate surface area is 280 Å². The Balaban J connectivity index is 1.44. The topological polar surface area (TPSA) is 111 Å². The van der Waals surface area contributed by atoms with Crippen LogP contribution in [-0.2, 0) is 30.7 Å². The number of hydrogen-bond donors (Lipinski definition) is 1. The van der Waals surface area contributed by atoms with Crippen LogP contribution in [-0.4, -0.2) is 32.9 Å². The molecule has 0 saturated heterocycles. The van der Waals surface area contributed by atoms with E-state index in [0.717, 1.165) is 36.0 Å². The monoisotopic (exact) mass is 647 g/mol. The maximum Gasteiger partial charge on any atom is 0.429 e. The smallest absolute Gasteiger partial charge is 0.429 e. The van der Waals surface area contributed by atoms with Gasteiger partial charge < -0.3 is 14.6 Å². The summed E-state index contributed by atoms with van der Waals surface area (Å²) in [5, 5.41) is 10.9. The number of rotatable bonds is 15. The van der Waals surface area contributed by atoms with Crippen LogP contribution in [0.15, 0.2) is 108 Å². The van der Waals surface area contributed by atoms with Gasteiger partial charge in [-0.2, -0.15) is 4.68 Å². The predicted molar refractivity (Wildman–Crippen MR) is 186 cm³/mol. The van der Waals surface area contributed by atoms with Gasteiger partial charge in [-0.3, -0.25) is 4.79 Å². The molecule has 4 aromatic carbocycles. The van der Waals surface area contributed by atoms with Crippen LogP contribution in [0.5, 0.6) is 5.75 Å². The third kappa shape index (κ3) is 8.67. The number of carboxylic acids is 1. The third-order valence-corrected chi connectivity index (χ3v) is 8.07. The first-order valence-electron chi connectivity index (χ1n) is 16.4. The van der Waals surface area contributed by atoms with Crippen LogP contribution in [0.3, 0.4) is 0 Å². The van der Waals surface area contributed by atoms with Crippen LogP contribution in [0, 0.1) is 0 Å². The maximum atomic E-state index is 14.2. The predicted octanol–water partition coefficient (Wildman–Crippen LogP) is 7.70. The average molecular weight is 648 g/mol. The molecule has 48 heavy (non-hydrogen) atoms. The third-order valence-electron chi connectivity index (χ3n) is 8.07. The van der Waals surface area contributed by atoms with Crippen molar-refractivity contribution in [1.82, 2.24) is 9.66 Å². The van der Waals surface area contributed by atoms with Crippen LogP contribution in [0.25, 0.3) is 10.9 Å². The van der Waals surface area contributed by atoms with Gasteiger partial charge in [-0.1, -0.05) is 93.4 Å². The van der Waals surface area contributed by atoms with E-state index in [1.54, 1.807) is 48.5 Å². The Hall–Kier alpha value is -5.44. The number of aromatic carboxylic acids is 1. The van der Waals surface area contributed by atoms with Gasteiger partial charge in [0.25, 0.3) is 5.56 Å². The normalized spacial score (nSPS) is 11.6. The summed E-state index contributed by atoms with van der Waals surface area (Å²) in [6.45, 7) is 4.46. The zero-order valence-corrected chi connectivity index (χ0v) is 27.4. The van der Waals surface area contributed by atoms with E-state index in [1.807, 2.05) is 54.6 Å². The summed E-state index contributed by atoms with van der Waals surface area (Å²) in [4.78, 5) is 44.3. The summed E-state index contributed by atoms with van der Waals surface area (Å²) in [6, 6.07) is 30.9. The summed E-state index contributed by atoms with van der Waals surface area (Å²) in [5.41, 5.74) is 3.14. The maximum absolute atomic E-state index is 14.2. The molecule has 0 bridgehead atoms. The summed E-state index contributed by atoms with van der Waals surface area (Å²) in [7, 11) is 0. The number of aryl methyl sites for hydroxylation is 1. The van der Waals surface area contributed by atoms with E-state index in [1.165, 1.54) is 9.69 Å². The van der Waals surface area contributed by atoms with Crippen molar-refractivity contribution < 1.29 is 24.2 Å². The lowest BCUT2D eigenvalue weighted by atomic mass is 10.0. The Morgan fingerprint density at radius 3 is 2.21 bits per heavy atom. The number of hydrogen-bond acceptors (Lipinski definition) is 6. The van der Waals surface area contributed by atoms with Gasteiger partial charge in [0.05, 0.1) is 23.0 Å². The highest BCUT2D eigenvalue weighted by Gasteiger charge is 2.26. The van der Waals surface area contributed by atoms with E-state index in [0.29, 0.717) is 41.7 Å². The Kier molecular flexibility index (Phi) is 11.6. The molecule has 0 radical (unpaired) electrons. The number of para-hydroxylation sites is 1. The lowest BCUT2D eigenvalue weighted by molar-refractivity contribution is 0.0696. The van der Waals surface area contributed by atoms with Gasteiger partial charge in [0, 0.05) is 12.8 Å². The summed E-state index contributed by atoms with van der Waals surface area (Å²) in [5.74, 6) is 0.128. The second kappa shape index (κ2) is 16.4. The van der Waals surface area contributed by atoms with Crippen molar-refractivity contribution in [3.05, 3.63) is 142 Å². The molecule has 1 N–H and O–H groups in total. The zero-order chi connectivity index (χ0) is 33.9. The minimum absolute atomic E-state index is 0.0685. The SMILES string of the molecule is CCCCc1nc2ccccc2c(=O)n1N(Cc1ccc(OCc2ccc(C(=O)O)cc2)cc1)C(=O)OC(CCC)Cc1ccccc1. The minimum atomic E-state index is -0.979. The highest BCUT2D eigenvalue weighted by atomic mass is 16.6. The molecule has 248 valence electrons. The van der Waals surface area contributed by atoms with Crippen molar-refractivity contribution in [2.45, 2.75) is 71.6 Å². The van der Waals surface area contributed by atoms with Crippen molar-refractivity contribution in [2.75, 3.05) is 5.01 Å². The van der Waals surface area contributed by atoms with Gasteiger partial charge in [-0.05, 0) is 65.9 Å². The molecule has 1 aromatic heterocycles. The quantitative estimate of drug-likeness (QED) is 0.124. The summed E-state index contributed by atoms with van der Waals surface area (Å²) < 4.78 is 13.5. The number of unbranched alkanes of at least 4 members (excludes halogenated alkanes) is 1. The average Bonchev–Trinajstić information content (AvgIpc) is 3.10. The molecule has 0 aliphatic rings. The molecule has 0 spiro atoms. The molecule has 0 fully saturated rings. The number of carbonyl (C=O) groups is 2. The molecular formula is C39H41N3O6. The molecule has 0 saturated carbocycles. The van der Waals surface area contributed by atoms with Crippen LogP contribution in [0.4, 0.5) is 4.79 Å². The van der Waals surface area contributed by atoms with Gasteiger partial charge in [0.2, 0.25) is 0 Å². The molecule has 9 nitrogen and oxygen atoms in total. The second-order valence-electron chi connectivity index (χ2n) is 11.7. The van der Waals surface area contributed by atoms with Crippen molar-refractivity contribution in [1.29, 1.82) is 0 Å². The van der Waals surface area contributed by atoms with E-state index in [-0.39, 0.29) is 30.4 Å². The minimum Gasteiger partial charge on any atom is -0.489 e. The first-order valence-corrected chi connectivity index (χ1v) is 16.4. The summed E-state index contributed by atoms with van der Waals surface area (Å²) >= 11 is 0. The van der Waals surface area contributed by atoms with Gasteiger partial charge in [0.1, 0.15) is 24.3 Å². The highest BCUT2D eigenvalue weighted by molar-refractivity contribution is 5.87.